The minimum absolute atomic E-state index is 0.892. The van der Waals surface area contributed by atoms with E-state index in [1.165, 1.54) is 44.4 Å². The number of nitrogens with zero attached hydrogens (tertiary/aromatic N) is 6. The van der Waals surface area contributed by atoms with E-state index in [0.717, 1.165) is 4.90 Å². The van der Waals surface area contributed by atoms with Gasteiger partial charge in [0.15, 0.2) is 0 Å². The van der Waals surface area contributed by atoms with Crippen LogP contribution in [0.4, 0.5) is 0 Å². The smallest absolute Gasteiger partial charge is 0.248 e. The topological polar surface area (TPSA) is 139 Å². The number of nitriles is 5. The van der Waals surface area contributed by atoms with Gasteiger partial charge < -0.3 is 4.90 Å². The number of hydrogen-bond acceptors (Lipinski definition) is 6. The van der Waals surface area contributed by atoms with Gasteiger partial charge in [-0.15, -0.1) is 0 Å². The summed E-state index contributed by atoms with van der Waals surface area (Å²) in [6.45, 7) is 0. The van der Waals surface area contributed by atoms with Gasteiger partial charge in [-0.2, -0.15) is 26.3 Å². The molecule has 0 aromatic heterocycles. The van der Waals surface area contributed by atoms with E-state index in [0.29, 0.717) is 0 Å². The fourth-order valence-corrected chi connectivity index (χ4v) is 2.16. The lowest BCUT2D eigenvalue weighted by atomic mass is 9.94. The first-order valence-corrected chi connectivity index (χ1v) is 4.69. The molecule has 86 valence electrons. The third-order valence-corrected chi connectivity index (χ3v) is 3.19. The molecule has 1 aliphatic rings. The molecule has 7 nitrogen and oxygen atoms in total. The van der Waals surface area contributed by atoms with Crippen molar-refractivity contribution in [2.75, 3.05) is 14.1 Å². The summed E-state index contributed by atoms with van der Waals surface area (Å²) in [6, 6.07) is 7.52. The molecule has 0 aromatic rings. The second-order valence-corrected chi connectivity index (χ2v) is 4.01. The van der Waals surface area contributed by atoms with Gasteiger partial charge in [0.1, 0.15) is 0 Å². The third-order valence-electron chi connectivity index (χ3n) is 3.19. The van der Waals surface area contributed by atoms with Crippen LogP contribution in [-0.4, -0.2) is 24.9 Å². The number of amides is 1. The van der Waals surface area contributed by atoms with Gasteiger partial charge in [0.25, 0.3) is 0 Å². The zero-order valence-electron chi connectivity index (χ0n) is 9.59. The fourth-order valence-electron chi connectivity index (χ4n) is 2.16. The summed E-state index contributed by atoms with van der Waals surface area (Å²) in [5, 5.41) is 45.4. The van der Waals surface area contributed by atoms with Crippen LogP contribution in [0.2, 0.25) is 0 Å². The Bertz CT molecular complexity index is 561. The highest BCUT2D eigenvalue weighted by atomic mass is 16.2. The molecule has 1 fully saturated rings. The van der Waals surface area contributed by atoms with Crippen LogP contribution in [-0.2, 0) is 4.79 Å². The lowest BCUT2D eigenvalue weighted by Crippen LogP contribution is -2.35. The van der Waals surface area contributed by atoms with Gasteiger partial charge in [0.05, 0.1) is 30.3 Å². The van der Waals surface area contributed by atoms with E-state index >= 15 is 0 Å². The largest absolute Gasteiger partial charge is 0.347 e. The van der Waals surface area contributed by atoms with Crippen LogP contribution in [0.15, 0.2) is 0 Å². The maximum atomic E-state index is 12.0. The van der Waals surface area contributed by atoms with E-state index in [9.17, 15) is 4.79 Å². The van der Waals surface area contributed by atoms with Gasteiger partial charge >= 0.3 is 0 Å². The van der Waals surface area contributed by atoms with Crippen LogP contribution in [0, 0.1) is 72.9 Å². The standard InChI is InChI=1S/C11H6N6O/c1-17(2)8(18)11(7-16)9(3-12,4-13)10(11,5-14)6-15/h1-2H3. The molecule has 0 spiro atoms. The highest BCUT2D eigenvalue weighted by Gasteiger charge is 2.97. The third kappa shape index (κ3) is 0.834. The van der Waals surface area contributed by atoms with Crippen LogP contribution in [0.1, 0.15) is 0 Å². The molecule has 18 heavy (non-hydrogen) atoms. The van der Waals surface area contributed by atoms with Gasteiger partial charge in [0, 0.05) is 14.1 Å². The molecule has 7 heteroatoms. The predicted molar refractivity (Wildman–Crippen MR) is 54.1 cm³/mol. The van der Waals surface area contributed by atoms with Crippen LogP contribution in [0.3, 0.4) is 0 Å². The van der Waals surface area contributed by atoms with Crippen LogP contribution in [0.5, 0.6) is 0 Å². The van der Waals surface area contributed by atoms with Gasteiger partial charge in [0.2, 0.25) is 22.2 Å². The zero-order chi connectivity index (χ0) is 14.2. The fraction of sp³-hybridized carbons (Fsp3) is 0.455. The Morgan fingerprint density at radius 2 is 1.17 bits per heavy atom. The molecular formula is C11H6N6O. The summed E-state index contributed by atoms with van der Waals surface area (Å²) in [6.07, 6.45) is 0. The summed E-state index contributed by atoms with van der Waals surface area (Å²) in [5.41, 5.74) is -6.75. The summed E-state index contributed by atoms with van der Waals surface area (Å²) >= 11 is 0. The molecule has 1 rings (SSSR count). The average molecular weight is 238 g/mol. The summed E-state index contributed by atoms with van der Waals surface area (Å²) in [4.78, 5) is 13.0. The van der Waals surface area contributed by atoms with Gasteiger partial charge in [-0.1, -0.05) is 0 Å². The minimum atomic E-state index is -2.25. The molecule has 1 amide bonds. The molecule has 1 aliphatic carbocycles. The highest BCUT2D eigenvalue weighted by Crippen LogP contribution is 2.77. The molecule has 0 N–H and O–H groups in total. The molecule has 1 saturated carbocycles. The molecule has 0 heterocycles. The Morgan fingerprint density at radius 1 is 0.833 bits per heavy atom. The van der Waals surface area contributed by atoms with E-state index < -0.39 is 22.2 Å². The van der Waals surface area contributed by atoms with E-state index in [2.05, 4.69) is 0 Å². The zero-order valence-corrected chi connectivity index (χ0v) is 9.59. The molecule has 0 radical (unpaired) electrons. The van der Waals surface area contributed by atoms with Crippen molar-refractivity contribution in [2.24, 2.45) is 16.2 Å². The quantitative estimate of drug-likeness (QED) is 0.612. The van der Waals surface area contributed by atoms with E-state index in [1.807, 2.05) is 0 Å². The Morgan fingerprint density at radius 3 is 1.33 bits per heavy atom. The summed E-state index contributed by atoms with van der Waals surface area (Å²) in [5.74, 6) is -0.892. The number of carbonyl (C=O) groups excluding carboxylic acids is 1. The van der Waals surface area contributed by atoms with Crippen LogP contribution < -0.4 is 0 Å². The summed E-state index contributed by atoms with van der Waals surface area (Å²) < 4.78 is 0. The van der Waals surface area contributed by atoms with Crippen molar-refractivity contribution in [3.8, 4) is 30.3 Å². The lowest BCUT2D eigenvalue weighted by molar-refractivity contribution is -0.133. The molecule has 0 atom stereocenters. The normalized spacial score (nSPS) is 19.8. The van der Waals surface area contributed by atoms with Gasteiger partial charge in [-0.05, 0) is 0 Å². The number of hydrogen-bond donors (Lipinski definition) is 0. The minimum Gasteiger partial charge on any atom is -0.347 e. The van der Waals surface area contributed by atoms with E-state index in [4.69, 9.17) is 26.3 Å². The van der Waals surface area contributed by atoms with Crippen molar-refractivity contribution >= 4 is 5.91 Å². The second-order valence-electron chi connectivity index (χ2n) is 4.01. The molecule has 0 saturated heterocycles. The van der Waals surface area contributed by atoms with Crippen molar-refractivity contribution < 1.29 is 4.79 Å². The highest BCUT2D eigenvalue weighted by molar-refractivity contribution is 5.97. The van der Waals surface area contributed by atoms with Gasteiger partial charge in [-0.3, -0.25) is 4.79 Å². The Labute approximate surface area is 103 Å². The van der Waals surface area contributed by atoms with Crippen molar-refractivity contribution in [2.45, 2.75) is 0 Å². The maximum Gasteiger partial charge on any atom is 0.248 e. The summed E-state index contributed by atoms with van der Waals surface area (Å²) in [7, 11) is 2.64. The van der Waals surface area contributed by atoms with Crippen molar-refractivity contribution in [1.82, 2.24) is 4.90 Å². The number of rotatable bonds is 1. The van der Waals surface area contributed by atoms with Crippen molar-refractivity contribution in [1.29, 1.82) is 26.3 Å². The van der Waals surface area contributed by atoms with E-state index in [1.54, 1.807) is 0 Å². The van der Waals surface area contributed by atoms with Crippen LogP contribution in [0.25, 0.3) is 0 Å². The SMILES string of the molecule is CN(C)C(=O)C1(C#N)C(C#N)(C#N)C1(C#N)C#N. The van der Waals surface area contributed by atoms with Crippen LogP contribution >= 0.6 is 0 Å². The molecular weight excluding hydrogens is 232 g/mol. The molecule has 0 unspecified atom stereocenters. The van der Waals surface area contributed by atoms with Gasteiger partial charge in [-0.25, -0.2) is 0 Å². The average Bonchev–Trinajstić information content (AvgIpc) is 2.94. The van der Waals surface area contributed by atoms with E-state index in [-0.39, 0.29) is 0 Å². The predicted octanol–water partition coefficient (Wildman–Crippen LogP) is -0.335. The number of carbonyl (C=O) groups is 1. The molecule has 0 aromatic carbocycles. The van der Waals surface area contributed by atoms with Crippen molar-refractivity contribution in [3.05, 3.63) is 0 Å². The first kappa shape index (κ1) is 13.0. The molecule has 0 bridgehead atoms. The lowest BCUT2D eigenvalue weighted by Gasteiger charge is -2.14. The Hall–Kier alpha value is -3.08. The monoisotopic (exact) mass is 238 g/mol. The molecule has 0 aliphatic heterocycles. The first-order chi connectivity index (χ1) is 8.41. The van der Waals surface area contributed by atoms with Crippen molar-refractivity contribution in [3.63, 3.8) is 0 Å². The Balaban J connectivity index is 3.72. The Kier molecular flexibility index (Phi) is 2.50. The second kappa shape index (κ2) is 3.46. The first-order valence-electron chi connectivity index (χ1n) is 4.69. The maximum absolute atomic E-state index is 12.0.